The van der Waals surface area contributed by atoms with Crippen molar-refractivity contribution in [2.75, 3.05) is 13.2 Å². The van der Waals surface area contributed by atoms with Crippen molar-refractivity contribution in [3.8, 4) is 0 Å². The molecule has 4 atom stereocenters. The van der Waals surface area contributed by atoms with E-state index in [-0.39, 0.29) is 13.2 Å². The Morgan fingerprint density at radius 1 is 1.43 bits per heavy atom. The zero-order valence-corrected chi connectivity index (χ0v) is 7.79. The van der Waals surface area contributed by atoms with Gasteiger partial charge in [-0.3, -0.25) is 0 Å². The quantitative estimate of drug-likeness (QED) is 0.454. The third kappa shape index (κ3) is 2.21. The van der Waals surface area contributed by atoms with Crippen molar-refractivity contribution < 1.29 is 29.6 Å². The number of rotatable bonds is 2. The van der Waals surface area contributed by atoms with Crippen LogP contribution in [0.25, 0.3) is 0 Å². The van der Waals surface area contributed by atoms with Gasteiger partial charge in [0.15, 0.2) is 6.10 Å². The predicted molar refractivity (Wildman–Crippen MR) is 44.4 cm³/mol. The van der Waals surface area contributed by atoms with Gasteiger partial charge in [-0.05, 0) is 6.92 Å². The molecule has 0 amide bonds. The van der Waals surface area contributed by atoms with Gasteiger partial charge in [0.2, 0.25) is 0 Å². The molecule has 14 heavy (non-hydrogen) atoms. The standard InChI is InChI=1S/C8H14O6/c1-2-13-8(12)7-6(11)5(10)4(9)3-14-7/h4-7,9-11H,2-3H2,1H3/t4?,5-,6-,7?/m1/s1. The van der Waals surface area contributed by atoms with Crippen molar-refractivity contribution in [2.24, 2.45) is 0 Å². The van der Waals surface area contributed by atoms with Crippen LogP contribution < -0.4 is 0 Å². The summed E-state index contributed by atoms with van der Waals surface area (Å²) < 4.78 is 9.47. The molecule has 0 bridgehead atoms. The van der Waals surface area contributed by atoms with Crippen molar-refractivity contribution in [1.29, 1.82) is 0 Å². The fourth-order valence-electron chi connectivity index (χ4n) is 1.24. The second-order valence-electron chi connectivity index (χ2n) is 3.05. The van der Waals surface area contributed by atoms with E-state index in [1.165, 1.54) is 0 Å². The van der Waals surface area contributed by atoms with Gasteiger partial charge in [0, 0.05) is 0 Å². The molecule has 6 heteroatoms. The molecule has 3 N–H and O–H groups in total. The van der Waals surface area contributed by atoms with Crippen molar-refractivity contribution >= 4 is 5.97 Å². The Balaban J connectivity index is 2.58. The zero-order chi connectivity index (χ0) is 10.7. The molecule has 0 aromatic carbocycles. The Hall–Kier alpha value is -0.690. The summed E-state index contributed by atoms with van der Waals surface area (Å²) in [7, 11) is 0. The number of carbonyl (C=O) groups is 1. The van der Waals surface area contributed by atoms with Crippen LogP contribution in [0.1, 0.15) is 6.92 Å². The molecule has 0 aromatic heterocycles. The van der Waals surface area contributed by atoms with E-state index in [0.29, 0.717) is 0 Å². The Kier molecular flexibility index (Phi) is 3.82. The van der Waals surface area contributed by atoms with E-state index in [4.69, 9.17) is 9.84 Å². The molecule has 1 rings (SSSR count). The van der Waals surface area contributed by atoms with Crippen LogP contribution in [0, 0.1) is 0 Å². The summed E-state index contributed by atoms with van der Waals surface area (Å²) in [6.45, 7) is 1.60. The summed E-state index contributed by atoms with van der Waals surface area (Å²) in [4.78, 5) is 11.2. The van der Waals surface area contributed by atoms with Gasteiger partial charge in [-0.2, -0.15) is 0 Å². The lowest BCUT2D eigenvalue weighted by molar-refractivity contribution is -0.205. The van der Waals surface area contributed by atoms with Gasteiger partial charge in [-0.1, -0.05) is 0 Å². The van der Waals surface area contributed by atoms with Gasteiger partial charge >= 0.3 is 5.97 Å². The van der Waals surface area contributed by atoms with Crippen LogP contribution in [0.3, 0.4) is 0 Å². The SMILES string of the molecule is CCOC(=O)C1OCC(O)[C@@H](O)[C@H]1O. The third-order valence-corrected chi connectivity index (χ3v) is 2.02. The lowest BCUT2D eigenvalue weighted by Crippen LogP contribution is -2.55. The van der Waals surface area contributed by atoms with E-state index in [1.54, 1.807) is 6.92 Å². The average molecular weight is 206 g/mol. The van der Waals surface area contributed by atoms with E-state index in [0.717, 1.165) is 0 Å². The molecule has 0 radical (unpaired) electrons. The first-order chi connectivity index (χ1) is 6.57. The van der Waals surface area contributed by atoms with Crippen LogP contribution in [0.5, 0.6) is 0 Å². The summed E-state index contributed by atoms with van der Waals surface area (Å²) in [6.07, 6.45) is -5.21. The normalized spacial score (nSPS) is 38.0. The Morgan fingerprint density at radius 3 is 2.64 bits per heavy atom. The lowest BCUT2D eigenvalue weighted by Gasteiger charge is -2.33. The molecule has 2 unspecified atom stereocenters. The maximum Gasteiger partial charge on any atom is 0.338 e. The summed E-state index contributed by atoms with van der Waals surface area (Å²) in [5.74, 6) is -0.731. The number of aliphatic hydroxyl groups excluding tert-OH is 3. The van der Waals surface area contributed by atoms with Crippen LogP contribution in [0.15, 0.2) is 0 Å². The smallest absolute Gasteiger partial charge is 0.338 e. The highest BCUT2D eigenvalue weighted by molar-refractivity contribution is 5.75. The van der Waals surface area contributed by atoms with Crippen molar-refractivity contribution in [3.05, 3.63) is 0 Å². The van der Waals surface area contributed by atoms with Crippen molar-refractivity contribution in [3.63, 3.8) is 0 Å². The lowest BCUT2D eigenvalue weighted by atomic mass is 10.0. The second-order valence-corrected chi connectivity index (χ2v) is 3.05. The first kappa shape index (κ1) is 11.4. The van der Waals surface area contributed by atoms with E-state index >= 15 is 0 Å². The van der Waals surface area contributed by atoms with E-state index in [2.05, 4.69) is 4.74 Å². The molecule has 82 valence electrons. The topological polar surface area (TPSA) is 96.2 Å². The fraction of sp³-hybridized carbons (Fsp3) is 0.875. The molecular formula is C8H14O6. The molecule has 1 heterocycles. The number of aliphatic hydroxyl groups is 3. The van der Waals surface area contributed by atoms with Gasteiger partial charge in [0.1, 0.15) is 18.3 Å². The molecule has 1 saturated heterocycles. The van der Waals surface area contributed by atoms with Crippen LogP contribution in [-0.2, 0) is 14.3 Å². The highest BCUT2D eigenvalue weighted by Gasteiger charge is 2.42. The van der Waals surface area contributed by atoms with Crippen LogP contribution in [0.4, 0.5) is 0 Å². The largest absolute Gasteiger partial charge is 0.464 e. The fourth-order valence-corrected chi connectivity index (χ4v) is 1.24. The van der Waals surface area contributed by atoms with E-state index < -0.39 is 30.4 Å². The molecule has 6 nitrogen and oxygen atoms in total. The zero-order valence-electron chi connectivity index (χ0n) is 7.79. The second kappa shape index (κ2) is 4.70. The van der Waals surface area contributed by atoms with Crippen molar-refractivity contribution in [1.82, 2.24) is 0 Å². The molecule has 0 saturated carbocycles. The molecule has 0 aliphatic carbocycles. The number of ether oxygens (including phenoxy) is 2. The van der Waals surface area contributed by atoms with Crippen LogP contribution in [-0.4, -0.2) is 58.9 Å². The Bertz CT molecular complexity index is 206. The third-order valence-electron chi connectivity index (χ3n) is 2.02. The number of esters is 1. The van der Waals surface area contributed by atoms with Crippen LogP contribution in [0.2, 0.25) is 0 Å². The molecule has 1 fully saturated rings. The minimum atomic E-state index is -1.45. The minimum absolute atomic E-state index is 0.171. The molecule has 0 spiro atoms. The summed E-state index contributed by atoms with van der Waals surface area (Å²) in [5.41, 5.74) is 0. The first-order valence-electron chi connectivity index (χ1n) is 4.40. The Morgan fingerprint density at radius 2 is 2.07 bits per heavy atom. The molecule has 0 aromatic rings. The summed E-state index contributed by atoms with van der Waals surface area (Å²) >= 11 is 0. The van der Waals surface area contributed by atoms with E-state index in [9.17, 15) is 15.0 Å². The Labute approximate surface area is 81.1 Å². The average Bonchev–Trinajstić information content (AvgIpc) is 2.15. The van der Waals surface area contributed by atoms with Crippen LogP contribution >= 0.6 is 0 Å². The summed E-state index contributed by atoms with van der Waals surface area (Å²) in [5, 5.41) is 27.7. The highest BCUT2D eigenvalue weighted by Crippen LogP contribution is 2.16. The van der Waals surface area contributed by atoms with Crippen molar-refractivity contribution in [2.45, 2.75) is 31.3 Å². The summed E-state index contributed by atoms with van der Waals surface area (Å²) in [6, 6.07) is 0. The number of carbonyl (C=O) groups excluding carboxylic acids is 1. The first-order valence-corrected chi connectivity index (χ1v) is 4.40. The van der Waals surface area contributed by atoms with Gasteiger partial charge in [-0.15, -0.1) is 0 Å². The number of hydrogen-bond acceptors (Lipinski definition) is 6. The molecule has 1 aliphatic rings. The van der Waals surface area contributed by atoms with Gasteiger partial charge in [0.25, 0.3) is 0 Å². The molecular weight excluding hydrogens is 192 g/mol. The minimum Gasteiger partial charge on any atom is -0.464 e. The van der Waals surface area contributed by atoms with Gasteiger partial charge in [-0.25, -0.2) is 4.79 Å². The number of hydrogen-bond donors (Lipinski definition) is 3. The van der Waals surface area contributed by atoms with Gasteiger partial charge < -0.3 is 24.8 Å². The maximum absolute atomic E-state index is 11.2. The monoisotopic (exact) mass is 206 g/mol. The highest BCUT2D eigenvalue weighted by atomic mass is 16.6. The van der Waals surface area contributed by atoms with E-state index in [1.807, 2.05) is 0 Å². The van der Waals surface area contributed by atoms with Gasteiger partial charge in [0.05, 0.1) is 13.2 Å². The molecule has 1 aliphatic heterocycles. The predicted octanol–water partition coefficient (Wildman–Crippen LogP) is -1.97. The maximum atomic E-state index is 11.2.